The molecule has 0 aliphatic carbocycles. The number of thiol groups is 1. The lowest BCUT2D eigenvalue weighted by Crippen LogP contribution is -2.30. The van der Waals surface area contributed by atoms with E-state index in [1.807, 2.05) is 0 Å². The minimum absolute atomic E-state index is 0.0891. The zero-order valence-electron chi connectivity index (χ0n) is 15.5. The number of fused-ring (bicyclic) bond motifs is 2. The zero-order chi connectivity index (χ0) is 22.0. The molecule has 2 bridgehead atoms. The number of ether oxygens (including phenoxy) is 1. The van der Waals surface area contributed by atoms with Gasteiger partial charge in [0.25, 0.3) is 5.91 Å². The fraction of sp³-hybridized carbons (Fsp3) is 0.350. The average Bonchev–Trinajstić information content (AvgIpc) is 2.91. The minimum atomic E-state index is -1.59. The van der Waals surface area contributed by atoms with Gasteiger partial charge in [0.05, 0.1) is 17.2 Å². The third-order valence-corrected chi connectivity index (χ3v) is 5.72. The van der Waals surface area contributed by atoms with Gasteiger partial charge in [0.2, 0.25) is 0 Å². The smallest absolute Gasteiger partial charge is 0.255 e. The Bertz CT molecular complexity index is 907. The van der Waals surface area contributed by atoms with Gasteiger partial charge < -0.3 is 20.3 Å². The van der Waals surface area contributed by atoms with E-state index in [2.05, 4.69) is 17.9 Å². The van der Waals surface area contributed by atoms with Crippen LogP contribution in [-0.4, -0.2) is 40.5 Å². The molecule has 0 aromatic heterocycles. The van der Waals surface area contributed by atoms with Crippen molar-refractivity contribution in [1.82, 2.24) is 0 Å². The first-order valence-corrected chi connectivity index (χ1v) is 9.96. The summed E-state index contributed by atoms with van der Waals surface area (Å²) in [5.41, 5.74) is 0.00612. The fourth-order valence-electron chi connectivity index (χ4n) is 3.31. The first-order chi connectivity index (χ1) is 14.2. The molecular formula is C20H19ClF3NO4S. The Morgan fingerprint density at radius 1 is 1.07 bits per heavy atom. The van der Waals surface area contributed by atoms with E-state index in [9.17, 15) is 28.2 Å². The van der Waals surface area contributed by atoms with Crippen molar-refractivity contribution in [3.63, 3.8) is 0 Å². The number of hydrogen-bond donors (Lipinski definition) is 4. The number of aliphatic hydroxyl groups is 2. The highest BCUT2D eigenvalue weighted by atomic mass is 35.5. The van der Waals surface area contributed by atoms with E-state index in [4.69, 9.17) is 16.3 Å². The van der Waals surface area contributed by atoms with Crippen molar-refractivity contribution in [2.24, 2.45) is 0 Å². The molecule has 4 atom stereocenters. The molecule has 0 saturated carbocycles. The Kier molecular flexibility index (Phi) is 7.30. The number of rotatable bonds is 2. The normalized spacial score (nSPS) is 24.8. The molecule has 1 amide bonds. The number of anilines is 1. The largest absolute Gasteiger partial charge is 0.388 e. The zero-order valence-corrected chi connectivity index (χ0v) is 17.1. The first kappa shape index (κ1) is 22.9. The standard InChI is InChI=1S/C13H7ClF3NOS.C7H12O3/c14-8-2-1-6(3-11(8)20)13(19)18-7-4-9(15)12(17)10(16)5-7;8-6-4-2-1-3-5(10-4)7(6)9/h1-5,20H,(H,18,19);4-9H,1-3H2. The van der Waals surface area contributed by atoms with Gasteiger partial charge in [0.1, 0.15) is 12.2 Å². The Morgan fingerprint density at radius 2 is 1.63 bits per heavy atom. The molecule has 5 nitrogen and oxygen atoms in total. The van der Waals surface area contributed by atoms with Gasteiger partial charge in [-0.25, -0.2) is 13.2 Å². The maximum Gasteiger partial charge on any atom is 0.255 e. The van der Waals surface area contributed by atoms with Gasteiger partial charge in [-0.1, -0.05) is 11.6 Å². The van der Waals surface area contributed by atoms with Crippen molar-refractivity contribution in [3.8, 4) is 0 Å². The number of aliphatic hydroxyl groups excluding tert-OH is 2. The van der Waals surface area contributed by atoms with Gasteiger partial charge in [-0.2, -0.15) is 0 Å². The van der Waals surface area contributed by atoms with Crippen LogP contribution >= 0.6 is 24.2 Å². The van der Waals surface area contributed by atoms with Gasteiger partial charge in [0, 0.05) is 28.3 Å². The second-order valence-corrected chi connectivity index (χ2v) is 7.89. The Morgan fingerprint density at radius 3 is 2.13 bits per heavy atom. The van der Waals surface area contributed by atoms with E-state index >= 15 is 0 Å². The number of carbonyl (C=O) groups is 1. The molecule has 2 aromatic carbocycles. The van der Waals surface area contributed by atoms with Crippen LogP contribution in [0, 0.1) is 17.5 Å². The molecule has 0 radical (unpaired) electrons. The van der Waals surface area contributed by atoms with Crippen LogP contribution in [0.1, 0.15) is 29.6 Å². The van der Waals surface area contributed by atoms with Crippen molar-refractivity contribution in [2.45, 2.75) is 48.6 Å². The number of nitrogens with one attached hydrogen (secondary N) is 1. The quantitative estimate of drug-likeness (QED) is 0.403. The van der Waals surface area contributed by atoms with Gasteiger partial charge in [0.15, 0.2) is 17.5 Å². The lowest BCUT2D eigenvalue weighted by molar-refractivity contribution is -0.0269. The summed E-state index contributed by atoms with van der Waals surface area (Å²) >= 11 is 9.81. The van der Waals surface area contributed by atoms with Crippen LogP contribution in [-0.2, 0) is 4.74 Å². The topological polar surface area (TPSA) is 78.8 Å². The van der Waals surface area contributed by atoms with Crippen LogP contribution in [0.25, 0.3) is 0 Å². The Labute approximate surface area is 181 Å². The van der Waals surface area contributed by atoms with Crippen molar-refractivity contribution in [1.29, 1.82) is 0 Å². The monoisotopic (exact) mass is 461 g/mol. The van der Waals surface area contributed by atoms with E-state index < -0.39 is 35.6 Å². The van der Waals surface area contributed by atoms with E-state index in [1.54, 1.807) is 0 Å². The van der Waals surface area contributed by atoms with Crippen LogP contribution in [0.4, 0.5) is 18.9 Å². The molecule has 2 fully saturated rings. The number of carbonyl (C=O) groups excluding carboxylic acids is 1. The predicted molar refractivity (Wildman–Crippen MR) is 107 cm³/mol. The summed E-state index contributed by atoms with van der Waals surface area (Å²) in [5, 5.41) is 21.2. The second-order valence-electron chi connectivity index (χ2n) is 7.00. The average molecular weight is 462 g/mol. The molecule has 2 aromatic rings. The first-order valence-electron chi connectivity index (χ1n) is 9.13. The Hall–Kier alpha value is -1.78. The summed E-state index contributed by atoms with van der Waals surface area (Å²) in [7, 11) is 0. The summed E-state index contributed by atoms with van der Waals surface area (Å²) < 4.78 is 44.1. The summed E-state index contributed by atoms with van der Waals surface area (Å²) in [4.78, 5) is 12.2. The Balaban J connectivity index is 0.000000212. The summed E-state index contributed by atoms with van der Waals surface area (Å²) in [6.45, 7) is 0. The maximum atomic E-state index is 13.0. The number of benzene rings is 2. The summed E-state index contributed by atoms with van der Waals surface area (Å²) in [6, 6.07) is 5.66. The van der Waals surface area contributed by atoms with Crippen molar-refractivity contribution in [3.05, 3.63) is 58.4 Å². The molecule has 2 aliphatic rings. The molecule has 3 N–H and O–H groups in total. The predicted octanol–water partition coefficient (Wildman–Crippen LogP) is 3.96. The molecule has 0 spiro atoms. The molecule has 10 heteroatoms. The highest BCUT2D eigenvalue weighted by Crippen LogP contribution is 2.32. The van der Waals surface area contributed by atoms with Crippen molar-refractivity contribution >= 4 is 35.8 Å². The second kappa shape index (κ2) is 9.57. The lowest BCUT2D eigenvalue weighted by Gasteiger charge is -2.19. The molecular weight excluding hydrogens is 443 g/mol. The third kappa shape index (κ3) is 5.09. The summed E-state index contributed by atoms with van der Waals surface area (Å²) in [6.07, 6.45) is 1.43. The van der Waals surface area contributed by atoms with Crippen molar-refractivity contribution < 1.29 is 32.9 Å². The molecule has 2 saturated heterocycles. The molecule has 30 heavy (non-hydrogen) atoms. The van der Waals surface area contributed by atoms with Crippen molar-refractivity contribution in [2.75, 3.05) is 5.32 Å². The highest BCUT2D eigenvalue weighted by Gasteiger charge is 2.44. The third-order valence-electron chi connectivity index (χ3n) is 4.89. The number of hydrogen-bond acceptors (Lipinski definition) is 5. The van der Waals surface area contributed by atoms with Crippen LogP contribution in [0.15, 0.2) is 35.2 Å². The molecule has 4 unspecified atom stereocenters. The molecule has 2 aliphatic heterocycles. The van der Waals surface area contributed by atoms with Crippen LogP contribution in [0.2, 0.25) is 5.02 Å². The number of amides is 1. The van der Waals surface area contributed by atoms with Crippen LogP contribution in [0.5, 0.6) is 0 Å². The lowest BCUT2D eigenvalue weighted by atomic mass is 10.1. The maximum absolute atomic E-state index is 13.0. The van der Waals surface area contributed by atoms with E-state index in [0.717, 1.165) is 19.3 Å². The van der Waals surface area contributed by atoms with E-state index in [1.165, 1.54) is 18.2 Å². The number of halogens is 4. The van der Waals surface area contributed by atoms with Gasteiger partial charge in [-0.3, -0.25) is 4.79 Å². The SMILES string of the molecule is O=C(Nc1cc(F)c(F)c(F)c1)c1ccc(Cl)c(S)c1.OC1C2CCCC(O2)C1O. The molecule has 2 heterocycles. The van der Waals surface area contributed by atoms with Gasteiger partial charge in [-0.05, 0) is 37.5 Å². The van der Waals surface area contributed by atoms with E-state index in [-0.39, 0.29) is 23.5 Å². The van der Waals surface area contributed by atoms with Gasteiger partial charge in [-0.15, -0.1) is 12.6 Å². The van der Waals surface area contributed by atoms with Gasteiger partial charge >= 0.3 is 0 Å². The highest BCUT2D eigenvalue weighted by molar-refractivity contribution is 7.80. The summed E-state index contributed by atoms with van der Waals surface area (Å²) in [5.74, 6) is -4.98. The molecule has 4 rings (SSSR count). The van der Waals surface area contributed by atoms with E-state index in [0.29, 0.717) is 22.1 Å². The minimum Gasteiger partial charge on any atom is -0.388 e. The molecule has 162 valence electrons. The van der Waals surface area contributed by atoms with Crippen LogP contribution in [0.3, 0.4) is 0 Å². The van der Waals surface area contributed by atoms with Crippen LogP contribution < -0.4 is 5.32 Å². The fourth-order valence-corrected chi connectivity index (χ4v) is 3.64.